The third-order valence-electron chi connectivity index (χ3n) is 1.27. The van der Waals surface area contributed by atoms with Crippen LogP contribution in [-0.4, -0.2) is 39.2 Å². The van der Waals surface area contributed by atoms with Crippen LogP contribution in [0.5, 0.6) is 0 Å². The third-order valence-corrected chi connectivity index (χ3v) is 1.27. The van der Waals surface area contributed by atoms with Crippen LogP contribution in [0.2, 0.25) is 0 Å². The van der Waals surface area contributed by atoms with E-state index in [1.165, 1.54) is 11.0 Å². The minimum atomic E-state index is -0.992. The van der Waals surface area contributed by atoms with Gasteiger partial charge in [0.1, 0.15) is 13.0 Å². The number of nitrogens with one attached hydrogen (secondary N) is 1. The number of anilines is 1. The lowest BCUT2D eigenvalue weighted by molar-refractivity contribution is 0.151. The highest BCUT2D eigenvalue weighted by atomic mass is 19.1. The predicted octanol–water partition coefficient (Wildman–Crippen LogP) is -0.443. The Hall–Kier alpha value is -1.17. The maximum Gasteiger partial charge on any atom is 0.242 e. The molecule has 0 bridgehead atoms. The summed E-state index contributed by atoms with van der Waals surface area (Å²) >= 11 is 0. The average Bonchev–Trinajstić information content (AvgIpc) is 2.47. The quantitative estimate of drug-likeness (QED) is 0.649. The second kappa shape index (κ2) is 4.01. The first-order valence-electron chi connectivity index (χ1n) is 3.56. The summed E-state index contributed by atoms with van der Waals surface area (Å²) < 4.78 is 13.3. The Morgan fingerprint density at radius 1 is 1.83 bits per heavy atom. The Labute approximate surface area is 69.2 Å². The molecule has 0 fully saturated rings. The van der Waals surface area contributed by atoms with Gasteiger partial charge in [0.05, 0.1) is 6.10 Å². The van der Waals surface area contributed by atoms with E-state index in [4.69, 9.17) is 5.11 Å². The molecule has 6 heteroatoms. The summed E-state index contributed by atoms with van der Waals surface area (Å²) in [5, 5.41) is 15.4. The molecule has 2 N–H and O–H groups in total. The van der Waals surface area contributed by atoms with Crippen LogP contribution in [0.1, 0.15) is 0 Å². The second-order valence-corrected chi connectivity index (χ2v) is 2.43. The number of hydrogen-bond acceptors (Lipinski definition) is 4. The molecule has 5 nitrogen and oxygen atoms in total. The van der Waals surface area contributed by atoms with Crippen LogP contribution in [0.4, 0.5) is 10.3 Å². The maximum atomic E-state index is 11.8. The smallest absolute Gasteiger partial charge is 0.242 e. The first kappa shape index (κ1) is 8.92. The SMILES string of the molecule is Cn1cnc(NCC(O)CF)n1. The summed E-state index contributed by atoms with van der Waals surface area (Å²) in [6.45, 7) is -0.639. The summed E-state index contributed by atoms with van der Waals surface area (Å²) in [4.78, 5) is 3.83. The molecule has 1 aromatic heterocycles. The molecule has 0 radical (unpaired) electrons. The van der Waals surface area contributed by atoms with Gasteiger partial charge in [-0.15, -0.1) is 5.10 Å². The number of aryl methyl sites for hydroxylation is 1. The van der Waals surface area contributed by atoms with Crippen LogP contribution < -0.4 is 5.32 Å². The van der Waals surface area contributed by atoms with Crippen LogP contribution in [-0.2, 0) is 7.05 Å². The van der Waals surface area contributed by atoms with Gasteiger partial charge in [0.15, 0.2) is 0 Å². The molecule has 1 atom stereocenters. The number of aromatic nitrogens is 3. The summed E-state index contributed by atoms with van der Waals surface area (Å²) in [5.74, 6) is 0.394. The first-order valence-corrected chi connectivity index (χ1v) is 3.56. The molecule has 1 unspecified atom stereocenters. The van der Waals surface area contributed by atoms with E-state index < -0.39 is 12.8 Å². The van der Waals surface area contributed by atoms with E-state index >= 15 is 0 Å². The largest absolute Gasteiger partial charge is 0.389 e. The molecule has 0 saturated carbocycles. The van der Waals surface area contributed by atoms with Gasteiger partial charge in [-0.2, -0.15) is 0 Å². The fraction of sp³-hybridized carbons (Fsp3) is 0.667. The van der Waals surface area contributed by atoms with E-state index in [0.29, 0.717) is 5.95 Å². The van der Waals surface area contributed by atoms with Crippen LogP contribution in [0.15, 0.2) is 6.33 Å². The molecule has 0 aliphatic carbocycles. The van der Waals surface area contributed by atoms with Gasteiger partial charge in [0, 0.05) is 13.6 Å². The fourth-order valence-corrected chi connectivity index (χ4v) is 0.684. The van der Waals surface area contributed by atoms with Crippen LogP contribution in [0.25, 0.3) is 0 Å². The number of nitrogens with zero attached hydrogens (tertiary/aromatic N) is 3. The van der Waals surface area contributed by atoms with Crippen LogP contribution in [0.3, 0.4) is 0 Å². The Kier molecular flexibility index (Phi) is 2.98. The fourth-order valence-electron chi connectivity index (χ4n) is 0.684. The molecular weight excluding hydrogens is 163 g/mol. The Morgan fingerprint density at radius 2 is 2.58 bits per heavy atom. The van der Waals surface area contributed by atoms with Gasteiger partial charge < -0.3 is 10.4 Å². The number of rotatable bonds is 4. The van der Waals surface area contributed by atoms with Gasteiger partial charge >= 0.3 is 0 Å². The summed E-state index contributed by atoms with van der Waals surface area (Å²) in [7, 11) is 1.73. The van der Waals surface area contributed by atoms with Crippen molar-refractivity contribution in [2.75, 3.05) is 18.5 Å². The molecule has 68 valence electrons. The zero-order chi connectivity index (χ0) is 8.97. The van der Waals surface area contributed by atoms with E-state index in [9.17, 15) is 4.39 Å². The topological polar surface area (TPSA) is 63.0 Å². The molecule has 0 saturated heterocycles. The van der Waals surface area contributed by atoms with Crippen molar-refractivity contribution in [1.29, 1.82) is 0 Å². The van der Waals surface area contributed by atoms with Crippen molar-refractivity contribution in [1.82, 2.24) is 14.8 Å². The number of aliphatic hydroxyl groups is 1. The Balaban J connectivity index is 2.33. The monoisotopic (exact) mass is 174 g/mol. The number of aliphatic hydroxyl groups excluding tert-OH is 1. The highest BCUT2D eigenvalue weighted by molar-refractivity contribution is 5.20. The van der Waals surface area contributed by atoms with Gasteiger partial charge in [-0.1, -0.05) is 0 Å². The molecule has 0 amide bonds. The minimum absolute atomic E-state index is 0.126. The van der Waals surface area contributed by atoms with E-state index in [2.05, 4.69) is 15.4 Å². The van der Waals surface area contributed by atoms with E-state index in [-0.39, 0.29) is 6.54 Å². The number of alkyl halides is 1. The lowest BCUT2D eigenvalue weighted by Gasteiger charge is -2.04. The summed E-state index contributed by atoms with van der Waals surface area (Å²) in [5.41, 5.74) is 0. The standard InChI is InChI=1S/C6H11FN4O/c1-11-4-9-6(10-11)8-3-5(12)2-7/h4-5,12H,2-3H2,1H3,(H,8,10). The molecule has 12 heavy (non-hydrogen) atoms. The van der Waals surface area contributed by atoms with Crippen molar-refractivity contribution < 1.29 is 9.50 Å². The van der Waals surface area contributed by atoms with Gasteiger partial charge in [-0.3, -0.25) is 4.68 Å². The van der Waals surface area contributed by atoms with Gasteiger partial charge in [-0.25, -0.2) is 9.37 Å². The van der Waals surface area contributed by atoms with Crippen molar-refractivity contribution in [3.63, 3.8) is 0 Å². The number of hydrogen-bond donors (Lipinski definition) is 2. The first-order chi connectivity index (χ1) is 5.72. The minimum Gasteiger partial charge on any atom is -0.389 e. The van der Waals surface area contributed by atoms with Crippen molar-refractivity contribution in [3.05, 3.63) is 6.33 Å². The van der Waals surface area contributed by atoms with Gasteiger partial charge in [0.2, 0.25) is 5.95 Å². The Morgan fingerprint density at radius 3 is 3.08 bits per heavy atom. The van der Waals surface area contributed by atoms with E-state index in [0.717, 1.165) is 0 Å². The zero-order valence-corrected chi connectivity index (χ0v) is 6.74. The van der Waals surface area contributed by atoms with Crippen molar-refractivity contribution in [3.8, 4) is 0 Å². The summed E-state index contributed by atoms with van der Waals surface area (Å²) in [6, 6.07) is 0. The molecule has 0 spiro atoms. The molecule has 1 heterocycles. The highest BCUT2D eigenvalue weighted by Crippen LogP contribution is 1.94. The molecule has 1 rings (SSSR count). The van der Waals surface area contributed by atoms with E-state index in [1.807, 2.05) is 0 Å². The van der Waals surface area contributed by atoms with Gasteiger partial charge in [-0.05, 0) is 0 Å². The molecular formula is C6H11FN4O. The van der Waals surface area contributed by atoms with Crippen molar-refractivity contribution >= 4 is 5.95 Å². The van der Waals surface area contributed by atoms with Crippen molar-refractivity contribution in [2.24, 2.45) is 7.05 Å². The summed E-state index contributed by atoms with van der Waals surface area (Å²) in [6.07, 6.45) is 0.526. The Bertz CT molecular complexity index is 239. The zero-order valence-electron chi connectivity index (χ0n) is 6.74. The van der Waals surface area contributed by atoms with E-state index in [1.54, 1.807) is 7.05 Å². The normalized spacial score (nSPS) is 12.9. The average molecular weight is 174 g/mol. The highest BCUT2D eigenvalue weighted by Gasteiger charge is 2.03. The molecule has 0 aromatic carbocycles. The van der Waals surface area contributed by atoms with Crippen LogP contribution >= 0.6 is 0 Å². The second-order valence-electron chi connectivity index (χ2n) is 2.43. The lowest BCUT2D eigenvalue weighted by Crippen LogP contribution is -2.21. The maximum absolute atomic E-state index is 11.8. The van der Waals surface area contributed by atoms with Crippen molar-refractivity contribution in [2.45, 2.75) is 6.10 Å². The molecule has 1 aromatic rings. The predicted molar refractivity (Wildman–Crippen MR) is 41.5 cm³/mol. The number of halogens is 1. The molecule has 0 aliphatic rings. The third kappa shape index (κ3) is 2.46. The lowest BCUT2D eigenvalue weighted by atomic mass is 10.4. The molecule has 0 aliphatic heterocycles. The van der Waals surface area contributed by atoms with Gasteiger partial charge in [0.25, 0.3) is 0 Å². The van der Waals surface area contributed by atoms with Crippen LogP contribution in [0, 0.1) is 0 Å².